The molecule has 4 nitrogen and oxygen atoms in total. The van der Waals surface area contributed by atoms with Crippen LogP contribution in [0, 0.1) is 11.3 Å². The van der Waals surface area contributed by atoms with Gasteiger partial charge in [0.2, 0.25) is 0 Å². The van der Waals surface area contributed by atoms with E-state index in [0.717, 1.165) is 57.7 Å². The molecule has 0 aromatic heterocycles. The number of nitriles is 1. The Morgan fingerprint density at radius 1 is 0.903 bits per heavy atom. The Hall–Kier alpha value is -2.19. The normalized spacial score (nSPS) is 26.7. The largest absolute Gasteiger partial charge is 0.375 e. The lowest BCUT2D eigenvalue weighted by molar-refractivity contribution is -0.145. The Morgan fingerprint density at radius 3 is 2.42 bits per heavy atom. The van der Waals surface area contributed by atoms with Crippen molar-refractivity contribution in [1.29, 1.82) is 5.26 Å². The van der Waals surface area contributed by atoms with Crippen molar-refractivity contribution in [3.63, 3.8) is 0 Å². The van der Waals surface area contributed by atoms with Crippen LogP contribution in [0.2, 0.25) is 0 Å². The highest BCUT2D eigenvalue weighted by Gasteiger charge is 2.51. The minimum atomic E-state index is 0.0863. The van der Waals surface area contributed by atoms with Gasteiger partial charge in [0, 0.05) is 39.3 Å². The maximum Gasteiger partial charge on any atom is 0.0991 e. The zero-order valence-corrected chi connectivity index (χ0v) is 18.4. The molecular formula is C27H33N3O. The van der Waals surface area contributed by atoms with E-state index in [-0.39, 0.29) is 11.1 Å². The zero-order valence-electron chi connectivity index (χ0n) is 18.4. The number of hydrogen-bond acceptors (Lipinski definition) is 4. The van der Waals surface area contributed by atoms with Crippen LogP contribution in [0.3, 0.4) is 0 Å². The van der Waals surface area contributed by atoms with Gasteiger partial charge in [0.05, 0.1) is 22.8 Å². The molecule has 2 aromatic carbocycles. The Morgan fingerprint density at radius 2 is 1.68 bits per heavy atom. The fourth-order valence-electron chi connectivity index (χ4n) is 6.23. The van der Waals surface area contributed by atoms with Gasteiger partial charge in [0.15, 0.2) is 0 Å². The lowest BCUT2D eigenvalue weighted by atomic mass is 9.73. The number of benzene rings is 2. The smallest absolute Gasteiger partial charge is 0.0991 e. The molecular weight excluding hydrogens is 382 g/mol. The third-order valence-electron chi connectivity index (χ3n) is 7.80. The highest BCUT2D eigenvalue weighted by molar-refractivity contribution is 5.33. The summed E-state index contributed by atoms with van der Waals surface area (Å²) in [6.07, 6.45) is 7.27. The third kappa shape index (κ3) is 4.15. The Balaban J connectivity index is 1.33. The molecule has 3 aliphatic rings. The molecule has 0 radical (unpaired) electrons. The second-order valence-corrected chi connectivity index (χ2v) is 9.64. The van der Waals surface area contributed by atoms with Crippen LogP contribution in [-0.4, -0.2) is 48.2 Å². The summed E-state index contributed by atoms with van der Waals surface area (Å²) in [6.45, 7) is 6.11. The summed E-state index contributed by atoms with van der Waals surface area (Å²) in [6, 6.07) is 21.5. The van der Waals surface area contributed by atoms with Crippen LogP contribution < -0.4 is 0 Å². The summed E-state index contributed by atoms with van der Waals surface area (Å²) in [7, 11) is 0. The van der Waals surface area contributed by atoms with Crippen LogP contribution in [0.15, 0.2) is 54.6 Å². The maximum absolute atomic E-state index is 9.19. The van der Waals surface area contributed by atoms with Gasteiger partial charge in [-0.05, 0) is 48.9 Å². The Kier molecular flexibility index (Phi) is 5.84. The van der Waals surface area contributed by atoms with Crippen molar-refractivity contribution in [3.8, 4) is 6.07 Å². The van der Waals surface area contributed by atoms with Crippen LogP contribution >= 0.6 is 0 Å². The predicted octanol–water partition coefficient (Wildman–Crippen LogP) is 4.69. The SMILES string of the molecule is N#Cc1cccc(CN2CCN(C3(c4ccccc4)CCOC4(CCCC4)C3)CC2)c1. The fourth-order valence-corrected chi connectivity index (χ4v) is 6.23. The van der Waals surface area contributed by atoms with Crippen molar-refractivity contribution in [2.45, 2.75) is 56.2 Å². The van der Waals surface area contributed by atoms with E-state index in [0.29, 0.717) is 0 Å². The van der Waals surface area contributed by atoms with E-state index in [4.69, 9.17) is 4.74 Å². The lowest BCUT2D eigenvalue weighted by Crippen LogP contribution is -2.60. The Bertz CT molecular complexity index is 923. The zero-order chi connectivity index (χ0) is 21.2. The van der Waals surface area contributed by atoms with Gasteiger partial charge >= 0.3 is 0 Å². The van der Waals surface area contributed by atoms with Crippen molar-refractivity contribution in [2.24, 2.45) is 0 Å². The van der Waals surface area contributed by atoms with E-state index < -0.39 is 0 Å². The molecule has 0 amide bonds. The summed E-state index contributed by atoms with van der Waals surface area (Å²) in [5.41, 5.74) is 3.64. The minimum Gasteiger partial charge on any atom is -0.375 e. The molecule has 2 aliphatic heterocycles. The topological polar surface area (TPSA) is 39.5 Å². The maximum atomic E-state index is 9.19. The molecule has 162 valence electrons. The highest BCUT2D eigenvalue weighted by Crippen LogP contribution is 2.50. The van der Waals surface area contributed by atoms with E-state index in [2.05, 4.69) is 52.3 Å². The molecule has 3 fully saturated rings. The van der Waals surface area contributed by atoms with E-state index in [1.165, 1.54) is 36.8 Å². The van der Waals surface area contributed by atoms with Gasteiger partial charge in [-0.3, -0.25) is 9.80 Å². The molecule has 0 N–H and O–H groups in total. The second-order valence-electron chi connectivity index (χ2n) is 9.64. The molecule has 31 heavy (non-hydrogen) atoms. The first-order valence-electron chi connectivity index (χ1n) is 11.9. The predicted molar refractivity (Wildman–Crippen MR) is 123 cm³/mol. The van der Waals surface area contributed by atoms with Crippen molar-refractivity contribution in [3.05, 3.63) is 71.3 Å². The molecule has 1 saturated carbocycles. The molecule has 1 aliphatic carbocycles. The van der Waals surface area contributed by atoms with Crippen molar-refractivity contribution in [2.75, 3.05) is 32.8 Å². The summed E-state index contributed by atoms with van der Waals surface area (Å²) >= 11 is 0. The quantitative estimate of drug-likeness (QED) is 0.726. The van der Waals surface area contributed by atoms with Crippen LogP contribution in [-0.2, 0) is 16.8 Å². The first-order valence-corrected chi connectivity index (χ1v) is 11.9. The van der Waals surface area contributed by atoms with Crippen molar-refractivity contribution in [1.82, 2.24) is 9.80 Å². The standard InChI is InChI=1S/C27H33N3O/c28-20-23-7-6-8-24(19-23)21-29-14-16-30(17-15-29)27(25-9-2-1-3-10-25)13-18-31-26(22-27)11-4-5-12-26/h1-3,6-10,19H,4-5,11-18,21-22H2. The van der Waals surface area contributed by atoms with Gasteiger partial charge in [-0.25, -0.2) is 0 Å². The van der Waals surface area contributed by atoms with Gasteiger partial charge in [-0.2, -0.15) is 5.26 Å². The van der Waals surface area contributed by atoms with E-state index in [9.17, 15) is 5.26 Å². The molecule has 1 spiro atoms. The average Bonchev–Trinajstić information content (AvgIpc) is 3.27. The monoisotopic (exact) mass is 415 g/mol. The van der Waals surface area contributed by atoms with Gasteiger partial charge in [0.1, 0.15) is 0 Å². The van der Waals surface area contributed by atoms with Gasteiger partial charge in [0.25, 0.3) is 0 Å². The summed E-state index contributed by atoms with van der Waals surface area (Å²) in [5, 5.41) is 9.19. The molecule has 2 heterocycles. The van der Waals surface area contributed by atoms with Crippen molar-refractivity contribution >= 4 is 0 Å². The van der Waals surface area contributed by atoms with Crippen LogP contribution in [0.1, 0.15) is 55.2 Å². The number of hydrogen-bond donors (Lipinski definition) is 0. The lowest BCUT2D eigenvalue weighted by Gasteiger charge is -2.54. The Labute approximate surface area is 186 Å². The minimum absolute atomic E-state index is 0.0863. The highest BCUT2D eigenvalue weighted by atomic mass is 16.5. The number of ether oxygens (including phenoxy) is 1. The first-order chi connectivity index (χ1) is 15.2. The van der Waals surface area contributed by atoms with Crippen LogP contribution in [0.5, 0.6) is 0 Å². The van der Waals surface area contributed by atoms with Crippen molar-refractivity contribution < 1.29 is 4.74 Å². The van der Waals surface area contributed by atoms with Crippen LogP contribution in [0.25, 0.3) is 0 Å². The van der Waals surface area contributed by atoms with E-state index >= 15 is 0 Å². The molecule has 4 heteroatoms. The van der Waals surface area contributed by atoms with Crippen LogP contribution in [0.4, 0.5) is 0 Å². The van der Waals surface area contributed by atoms with Gasteiger partial charge in [-0.1, -0.05) is 55.3 Å². The molecule has 2 aromatic rings. The summed E-state index contributed by atoms with van der Waals surface area (Å²) in [4.78, 5) is 5.31. The average molecular weight is 416 g/mol. The van der Waals surface area contributed by atoms with E-state index in [1.807, 2.05) is 18.2 Å². The number of rotatable bonds is 4. The molecule has 5 rings (SSSR count). The molecule has 1 atom stereocenters. The third-order valence-corrected chi connectivity index (χ3v) is 7.80. The fraction of sp³-hybridized carbons (Fsp3) is 0.519. The second kappa shape index (κ2) is 8.74. The molecule has 1 unspecified atom stereocenters. The number of nitrogens with zero attached hydrogens (tertiary/aromatic N) is 3. The van der Waals surface area contributed by atoms with E-state index in [1.54, 1.807) is 0 Å². The van der Waals surface area contributed by atoms with Gasteiger partial charge in [-0.15, -0.1) is 0 Å². The molecule has 2 saturated heterocycles. The van der Waals surface area contributed by atoms with Gasteiger partial charge < -0.3 is 4.74 Å². The summed E-state index contributed by atoms with van der Waals surface area (Å²) < 4.78 is 6.45. The first kappa shape index (κ1) is 20.7. The number of piperazine rings is 1. The molecule has 0 bridgehead atoms. The summed E-state index contributed by atoms with van der Waals surface area (Å²) in [5.74, 6) is 0.